The molecule has 1 N–H and O–H groups in total. The summed E-state index contributed by atoms with van der Waals surface area (Å²) in [5, 5.41) is 3.82. The minimum Gasteiger partial charge on any atom is -0.312 e. The van der Waals surface area contributed by atoms with Crippen LogP contribution in [0.4, 0.5) is 0 Å². The van der Waals surface area contributed by atoms with Gasteiger partial charge in [0.1, 0.15) is 0 Å². The molecule has 0 aromatic rings. The molecule has 0 radical (unpaired) electrons. The molecule has 98 valence electrons. The number of nitrogens with zero attached hydrogens (tertiary/aromatic N) is 1. The van der Waals surface area contributed by atoms with E-state index in [-0.39, 0.29) is 0 Å². The van der Waals surface area contributed by atoms with Gasteiger partial charge in [-0.3, -0.25) is 4.90 Å². The van der Waals surface area contributed by atoms with Crippen molar-refractivity contribution in [3.63, 3.8) is 0 Å². The van der Waals surface area contributed by atoms with Gasteiger partial charge in [0.25, 0.3) is 0 Å². The molecule has 2 heteroatoms. The smallest absolute Gasteiger partial charge is 0.0110 e. The largest absolute Gasteiger partial charge is 0.312 e. The highest BCUT2D eigenvalue weighted by Gasteiger charge is 2.37. The summed E-state index contributed by atoms with van der Waals surface area (Å²) >= 11 is 0. The third kappa shape index (κ3) is 2.68. The summed E-state index contributed by atoms with van der Waals surface area (Å²) in [6.45, 7) is 6.34. The first-order valence-electron chi connectivity index (χ1n) is 7.80. The average molecular weight is 236 g/mol. The number of hydrogen-bond donors (Lipinski definition) is 1. The third-order valence-electron chi connectivity index (χ3n) is 5.44. The van der Waals surface area contributed by atoms with E-state index >= 15 is 0 Å². The van der Waals surface area contributed by atoms with Crippen LogP contribution in [0.15, 0.2) is 0 Å². The fourth-order valence-corrected chi connectivity index (χ4v) is 4.31. The van der Waals surface area contributed by atoms with E-state index in [1.165, 1.54) is 64.6 Å². The summed E-state index contributed by atoms with van der Waals surface area (Å²) in [5.41, 5.74) is 0. The molecule has 0 aromatic heterocycles. The van der Waals surface area contributed by atoms with Crippen molar-refractivity contribution >= 4 is 0 Å². The molecule has 2 bridgehead atoms. The number of rotatable bonds is 4. The molecule has 2 nitrogen and oxygen atoms in total. The van der Waals surface area contributed by atoms with Crippen LogP contribution in [-0.4, -0.2) is 36.6 Å². The first kappa shape index (κ1) is 12.0. The van der Waals surface area contributed by atoms with Crippen LogP contribution >= 0.6 is 0 Å². The molecule has 0 amide bonds. The lowest BCUT2D eigenvalue weighted by molar-refractivity contribution is 0.201. The predicted molar refractivity (Wildman–Crippen MR) is 72.1 cm³/mol. The maximum Gasteiger partial charge on any atom is 0.0110 e. The maximum absolute atomic E-state index is 3.82. The summed E-state index contributed by atoms with van der Waals surface area (Å²) in [6, 6.07) is 1.76. The molecule has 4 unspecified atom stereocenters. The molecule has 1 saturated heterocycles. The first-order chi connectivity index (χ1) is 8.33. The topological polar surface area (TPSA) is 15.3 Å². The van der Waals surface area contributed by atoms with Crippen molar-refractivity contribution in [2.75, 3.05) is 19.6 Å². The lowest BCUT2D eigenvalue weighted by Gasteiger charge is -2.32. The molecule has 1 aliphatic heterocycles. The van der Waals surface area contributed by atoms with Gasteiger partial charge in [-0.1, -0.05) is 19.8 Å². The van der Waals surface area contributed by atoms with Crippen molar-refractivity contribution in [1.82, 2.24) is 10.2 Å². The van der Waals surface area contributed by atoms with Gasteiger partial charge in [-0.05, 0) is 43.9 Å². The molecular weight excluding hydrogens is 208 g/mol. The van der Waals surface area contributed by atoms with E-state index in [0.29, 0.717) is 0 Å². The minimum atomic E-state index is 0.809. The second-order valence-electron chi connectivity index (χ2n) is 6.65. The second kappa shape index (κ2) is 5.27. The predicted octanol–water partition coefficient (Wildman–Crippen LogP) is 2.64. The summed E-state index contributed by atoms with van der Waals surface area (Å²) in [7, 11) is 0. The Bertz CT molecular complexity index is 251. The van der Waals surface area contributed by atoms with Crippen LogP contribution in [0.1, 0.15) is 51.9 Å². The highest BCUT2D eigenvalue weighted by Crippen LogP contribution is 2.36. The molecule has 3 rings (SSSR count). The average Bonchev–Trinajstić information content (AvgIpc) is 2.94. The highest BCUT2D eigenvalue weighted by atomic mass is 15.2. The summed E-state index contributed by atoms with van der Waals surface area (Å²) in [5.74, 6) is 1.95. The Balaban J connectivity index is 1.37. The van der Waals surface area contributed by atoms with Gasteiger partial charge in [-0.15, -0.1) is 0 Å². The molecule has 3 aliphatic rings. The fraction of sp³-hybridized carbons (Fsp3) is 1.00. The van der Waals surface area contributed by atoms with Crippen LogP contribution in [-0.2, 0) is 0 Å². The van der Waals surface area contributed by atoms with Gasteiger partial charge < -0.3 is 5.32 Å². The zero-order valence-corrected chi connectivity index (χ0v) is 11.3. The molecule has 2 saturated carbocycles. The van der Waals surface area contributed by atoms with Crippen LogP contribution in [0.5, 0.6) is 0 Å². The molecule has 0 aromatic carbocycles. The van der Waals surface area contributed by atoms with Gasteiger partial charge >= 0.3 is 0 Å². The molecule has 4 atom stereocenters. The van der Waals surface area contributed by atoms with Crippen molar-refractivity contribution in [3.05, 3.63) is 0 Å². The van der Waals surface area contributed by atoms with Crippen LogP contribution in [0.2, 0.25) is 0 Å². The fourth-order valence-electron chi connectivity index (χ4n) is 4.31. The minimum absolute atomic E-state index is 0.809. The Morgan fingerprint density at radius 2 is 2.00 bits per heavy atom. The van der Waals surface area contributed by atoms with Crippen LogP contribution in [0.25, 0.3) is 0 Å². The van der Waals surface area contributed by atoms with Gasteiger partial charge in [-0.25, -0.2) is 0 Å². The van der Waals surface area contributed by atoms with Crippen LogP contribution in [0.3, 0.4) is 0 Å². The molecule has 1 heterocycles. The molecule has 2 aliphatic carbocycles. The Morgan fingerprint density at radius 3 is 2.71 bits per heavy atom. The summed E-state index contributed by atoms with van der Waals surface area (Å²) in [6.07, 6.45) is 10.2. The lowest BCUT2D eigenvalue weighted by Crippen LogP contribution is -2.43. The van der Waals surface area contributed by atoms with E-state index in [1.807, 2.05) is 0 Å². The highest BCUT2D eigenvalue weighted by molar-refractivity contribution is 4.92. The van der Waals surface area contributed by atoms with E-state index in [4.69, 9.17) is 0 Å². The molecule has 0 spiro atoms. The van der Waals surface area contributed by atoms with Gasteiger partial charge in [-0.2, -0.15) is 0 Å². The normalized spacial score (nSPS) is 42.2. The molecular formula is C15H28N2. The van der Waals surface area contributed by atoms with Gasteiger partial charge in [0.15, 0.2) is 0 Å². The van der Waals surface area contributed by atoms with Crippen molar-refractivity contribution in [2.24, 2.45) is 11.8 Å². The Labute approximate surface area is 106 Å². The maximum atomic E-state index is 3.82. The Kier molecular flexibility index (Phi) is 3.72. The number of hydrogen-bond acceptors (Lipinski definition) is 2. The van der Waals surface area contributed by atoms with E-state index < -0.39 is 0 Å². The Morgan fingerprint density at radius 1 is 1.12 bits per heavy atom. The lowest BCUT2D eigenvalue weighted by atomic mass is 9.86. The summed E-state index contributed by atoms with van der Waals surface area (Å²) < 4.78 is 0. The number of piperidine rings is 1. The van der Waals surface area contributed by atoms with Gasteiger partial charge in [0.05, 0.1) is 0 Å². The number of nitrogens with one attached hydrogen (secondary N) is 1. The van der Waals surface area contributed by atoms with Crippen molar-refractivity contribution in [1.29, 1.82) is 0 Å². The molecule has 3 fully saturated rings. The first-order valence-corrected chi connectivity index (χ1v) is 7.80. The summed E-state index contributed by atoms with van der Waals surface area (Å²) in [4.78, 5) is 2.74. The van der Waals surface area contributed by atoms with Crippen molar-refractivity contribution in [3.8, 4) is 0 Å². The van der Waals surface area contributed by atoms with E-state index in [1.54, 1.807) is 0 Å². The SMILES string of the molecule is CC1CCCCC1NCCN1CC2CCC1C2. The quantitative estimate of drug-likeness (QED) is 0.807. The zero-order valence-electron chi connectivity index (χ0n) is 11.3. The van der Waals surface area contributed by atoms with Crippen molar-refractivity contribution in [2.45, 2.75) is 64.0 Å². The number of likely N-dealkylation sites (tertiary alicyclic amines) is 1. The van der Waals surface area contributed by atoms with Gasteiger partial charge in [0, 0.05) is 31.7 Å². The Hall–Kier alpha value is -0.0800. The standard InChI is InChI=1S/C15H28N2/c1-12-4-2-3-5-15(12)16-8-9-17-11-13-6-7-14(17)10-13/h12-16H,2-11H2,1H3. The monoisotopic (exact) mass is 236 g/mol. The zero-order chi connectivity index (χ0) is 11.7. The second-order valence-corrected chi connectivity index (χ2v) is 6.65. The van der Waals surface area contributed by atoms with Crippen LogP contribution in [0, 0.1) is 11.8 Å². The van der Waals surface area contributed by atoms with Gasteiger partial charge in [0.2, 0.25) is 0 Å². The third-order valence-corrected chi connectivity index (χ3v) is 5.44. The van der Waals surface area contributed by atoms with Crippen LogP contribution < -0.4 is 5.32 Å². The molecule has 17 heavy (non-hydrogen) atoms. The van der Waals surface area contributed by atoms with E-state index in [9.17, 15) is 0 Å². The van der Waals surface area contributed by atoms with E-state index in [0.717, 1.165) is 23.9 Å². The van der Waals surface area contributed by atoms with E-state index in [2.05, 4.69) is 17.1 Å². The van der Waals surface area contributed by atoms with Crippen molar-refractivity contribution < 1.29 is 0 Å². The number of fused-ring (bicyclic) bond motifs is 2.